The maximum atomic E-state index is 3.51. The van der Waals surface area contributed by atoms with Gasteiger partial charge in [-0.15, -0.1) is 36.4 Å². The second-order valence-electron chi connectivity index (χ2n) is 2.17. The van der Waals surface area contributed by atoms with Gasteiger partial charge in [-0.25, -0.2) is 0 Å². The molecular formula is C11H10Y-2. The van der Waals surface area contributed by atoms with Crippen LogP contribution >= 0.6 is 0 Å². The number of hydrogen-bond donors (Lipinski definition) is 0. The molecule has 0 bridgehead atoms. The van der Waals surface area contributed by atoms with Crippen molar-refractivity contribution in [2.75, 3.05) is 0 Å². The first-order valence-electron chi connectivity index (χ1n) is 3.56. The van der Waals surface area contributed by atoms with E-state index in [0.29, 0.717) is 0 Å². The van der Waals surface area contributed by atoms with E-state index in [1.807, 2.05) is 36.4 Å². The van der Waals surface area contributed by atoms with Gasteiger partial charge in [0, 0.05) is 32.7 Å². The fourth-order valence-electron chi connectivity index (χ4n) is 0.780. The molecule has 1 aromatic carbocycles. The summed E-state index contributed by atoms with van der Waals surface area (Å²) in [6.07, 6.45) is 7.61. The minimum atomic E-state index is 0. The Morgan fingerprint density at radius 3 is 2.92 bits per heavy atom. The normalized spacial score (nSPS) is 9.33. The van der Waals surface area contributed by atoms with Crippen LogP contribution in [0.5, 0.6) is 0 Å². The molecule has 0 aliphatic rings. The van der Waals surface area contributed by atoms with E-state index < -0.39 is 0 Å². The molecule has 1 heteroatoms. The van der Waals surface area contributed by atoms with Crippen molar-refractivity contribution in [3.8, 4) is 0 Å². The van der Waals surface area contributed by atoms with Gasteiger partial charge in [0.25, 0.3) is 0 Å². The van der Waals surface area contributed by atoms with Gasteiger partial charge in [0.1, 0.15) is 0 Å². The molecule has 0 spiro atoms. The molecule has 12 heavy (non-hydrogen) atoms. The van der Waals surface area contributed by atoms with Crippen LogP contribution in [0.2, 0.25) is 0 Å². The quantitative estimate of drug-likeness (QED) is 0.701. The molecule has 1 rings (SSSR count). The van der Waals surface area contributed by atoms with Crippen LogP contribution in [0, 0.1) is 12.1 Å². The van der Waals surface area contributed by atoms with Gasteiger partial charge in [-0.1, -0.05) is 0 Å². The summed E-state index contributed by atoms with van der Waals surface area (Å²) in [6.45, 7) is 3.51. The Kier molecular flexibility index (Phi) is 7.33. The summed E-state index contributed by atoms with van der Waals surface area (Å²) in [5, 5.41) is 0. The van der Waals surface area contributed by atoms with Crippen molar-refractivity contribution < 1.29 is 32.7 Å². The molecule has 0 aliphatic carbocycles. The average Bonchev–Trinajstić information content (AvgIpc) is 2.07. The van der Waals surface area contributed by atoms with Crippen molar-refractivity contribution >= 4 is 6.08 Å². The molecule has 0 saturated heterocycles. The van der Waals surface area contributed by atoms with E-state index in [0.717, 1.165) is 12.0 Å². The molecular weight excluding hydrogens is 221 g/mol. The van der Waals surface area contributed by atoms with Gasteiger partial charge in [0.2, 0.25) is 0 Å². The first-order valence-corrected chi connectivity index (χ1v) is 3.56. The Morgan fingerprint density at radius 2 is 2.33 bits per heavy atom. The summed E-state index contributed by atoms with van der Waals surface area (Å²) in [7, 11) is 0. The van der Waals surface area contributed by atoms with E-state index in [-0.39, 0.29) is 32.7 Å². The van der Waals surface area contributed by atoms with Gasteiger partial charge in [-0.3, -0.25) is 6.58 Å². The van der Waals surface area contributed by atoms with Crippen molar-refractivity contribution in [1.82, 2.24) is 0 Å². The summed E-state index contributed by atoms with van der Waals surface area (Å²) in [5.41, 5.74) is 1.10. The van der Waals surface area contributed by atoms with E-state index in [9.17, 15) is 0 Å². The van der Waals surface area contributed by atoms with Crippen LogP contribution in [0.1, 0.15) is 12.0 Å². The van der Waals surface area contributed by atoms with Crippen LogP contribution in [0.25, 0.3) is 6.08 Å². The van der Waals surface area contributed by atoms with Crippen molar-refractivity contribution in [2.24, 2.45) is 0 Å². The Bertz CT molecular complexity index is 236. The molecule has 0 saturated carbocycles. The Morgan fingerprint density at radius 1 is 1.50 bits per heavy atom. The van der Waals surface area contributed by atoms with Gasteiger partial charge < -0.3 is 6.08 Å². The third-order valence-corrected chi connectivity index (χ3v) is 1.29. The molecule has 1 aromatic rings. The van der Waals surface area contributed by atoms with Crippen LogP contribution < -0.4 is 0 Å². The Labute approximate surface area is 99.3 Å². The topological polar surface area (TPSA) is 0 Å². The molecule has 0 unspecified atom stereocenters. The summed E-state index contributed by atoms with van der Waals surface area (Å²) in [5.74, 6) is 0. The predicted octanol–water partition coefficient (Wildman–Crippen LogP) is 2.88. The van der Waals surface area contributed by atoms with Gasteiger partial charge in [-0.05, 0) is 0 Å². The van der Waals surface area contributed by atoms with Gasteiger partial charge >= 0.3 is 0 Å². The average molecular weight is 231 g/mol. The number of allylic oxidation sites excluding steroid dienone is 2. The van der Waals surface area contributed by atoms with Gasteiger partial charge in [0.05, 0.1) is 0 Å². The van der Waals surface area contributed by atoms with Crippen LogP contribution in [0.15, 0.2) is 36.9 Å². The SMILES string of the molecule is C=[C-]C/C=C\c1[c-]cccc1.[Y]. The summed E-state index contributed by atoms with van der Waals surface area (Å²) < 4.78 is 0. The summed E-state index contributed by atoms with van der Waals surface area (Å²) >= 11 is 0. The maximum Gasteiger partial charge on any atom is 0 e. The van der Waals surface area contributed by atoms with E-state index in [4.69, 9.17) is 0 Å². The van der Waals surface area contributed by atoms with E-state index in [1.165, 1.54) is 0 Å². The Balaban J connectivity index is 0.00000121. The van der Waals surface area contributed by atoms with Crippen molar-refractivity contribution in [2.45, 2.75) is 6.42 Å². The fraction of sp³-hybridized carbons (Fsp3) is 0.0909. The predicted molar refractivity (Wildman–Crippen MR) is 47.8 cm³/mol. The minimum Gasteiger partial charge on any atom is -0.501 e. The van der Waals surface area contributed by atoms with E-state index >= 15 is 0 Å². The zero-order chi connectivity index (χ0) is 7.94. The van der Waals surface area contributed by atoms with Crippen LogP contribution in [0.3, 0.4) is 0 Å². The minimum absolute atomic E-state index is 0. The van der Waals surface area contributed by atoms with Crippen LogP contribution in [-0.2, 0) is 32.7 Å². The maximum absolute atomic E-state index is 3.51. The first-order chi connectivity index (χ1) is 5.43. The van der Waals surface area contributed by atoms with E-state index in [2.05, 4.69) is 18.7 Å². The first kappa shape index (κ1) is 11.8. The van der Waals surface area contributed by atoms with Crippen LogP contribution in [-0.4, -0.2) is 0 Å². The standard InChI is InChI=1S/C11H10.Y/c1-2-3-5-8-11-9-6-4-7-10-11;/h4-9H,1,3H2;/q-2;/b8-5-;. The zero-order valence-electron chi connectivity index (χ0n) is 6.96. The number of benzene rings is 1. The van der Waals surface area contributed by atoms with Crippen molar-refractivity contribution in [1.29, 1.82) is 0 Å². The second-order valence-corrected chi connectivity index (χ2v) is 2.17. The van der Waals surface area contributed by atoms with Gasteiger partial charge in [-0.2, -0.15) is 18.1 Å². The molecule has 0 N–H and O–H groups in total. The second kappa shape index (κ2) is 7.45. The largest absolute Gasteiger partial charge is 0.501 e. The number of hydrogen-bond acceptors (Lipinski definition) is 0. The van der Waals surface area contributed by atoms with Gasteiger partial charge in [0.15, 0.2) is 0 Å². The zero-order valence-corrected chi connectivity index (χ0v) is 9.79. The van der Waals surface area contributed by atoms with Crippen molar-refractivity contribution in [3.63, 3.8) is 0 Å². The smallest absolute Gasteiger partial charge is 0 e. The van der Waals surface area contributed by atoms with E-state index in [1.54, 1.807) is 0 Å². The molecule has 0 nitrogen and oxygen atoms in total. The molecule has 0 aliphatic heterocycles. The molecule has 1 radical (unpaired) electrons. The monoisotopic (exact) mass is 231 g/mol. The summed E-state index contributed by atoms with van der Waals surface area (Å²) in [4.78, 5) is 0. The fourth-order valence-corrected chi connectivity index (χ4v) is 0.780. The third kappa shape index (κ3) is 4.64. The Hall–Kier alpha value is -0.196. The molecule has 0 fully saturated rings. The summed E-state index contributed by atoms with van der Waals surface area (Å²) in [6, 6.07) is 11.0. The number of rotatable bonds is 3. The third-order valence-electron chi connectivity index (χ3n) is 1.29. The molecule has 59 valence electrons. The van der Waals surface area contributed by atoms with Crippen LogP contribution in [0.4, 0.5) is 0 Å². The molecule has 0 aromatic heterocycles. The van der Waals surface area contributed by atoms with Crippen molar-refractivity contribution in [3.05, 3.63) is 54.6 Å². The molecule has 0 heterocycles. The molecule has 0 amide bonds. The molecule has 0 atom stereocenters.